The summed E-state index contributed by atoms with van der Waals surface area (Å²) in [6, 6.07) is 7.75. The first-order valence-corrected chi connectivity index (χ1v) is 7.15. The van der Waals surface area contributed by atoms with E-state index in [2.05, 4.69) is 13.8 Å². The Morgan fingerprint density at radius 3 is 1.72 bits per heavy atom. The predicted octanol–water partition coefficient (Wildman–Crippen LogP) is 4.13. The lowest BCUT2D eigenvalue weighted by molar-refractivity contribution is 0.157. The van der Waals surface area contributed by atoms with E-state index < -0.39 is 12.2 Å². The largest absolute Gasteiger partial charge is 0.388 e. The van der Waals surface area contributed by atoms with Gasteiger partial charge in [0, 0.05) is 0 Å². The lowest BCUT2D eigenvalue weighted by atomic mass is 9.98. The highest BCUT2D eigenvalue weighted by Crippen LogP contribution is 2.25. The van der Waals surface area contributed by atoms with Crippen molar-refractivity contribution in [2.24, 2.45) is 0 Å². The topological polar surface area (TPSA) is 40.5 Å². The summed E-state index contributed by atoms with van der Waals surface area (Å²) in [5.74, 6) is 0. The number of aliphatic hydroxyl groups is 2. The molecular weight excluding hydrogens is 224 g/mol. The number of hydrogen-bond acceptors (Lipinski definition) is 2. The fourth-order valence-corrected chi connectivity index (χ4v) is 2.10. The average molecular weight is 250 g/mol. The highest BCUT2D eigenvalue weighted by atomic mass is 16.3. The van der Waals surface area contributed by atoms with Gasteiger partial charge in [0.25, 0.3) is 0 Å². The summed E-state index contributed by atoms with van der Waals surface area (Å²) in [6.45, 7) is 4.25. The molecule has 0 saturated heterocycles. The van der Waals surface area contributed by atoms with Gasteiger partial charge in [0.05, 0.1) is 12.2 Å². The second-order valence-electron chi connectivity index (χ2n) is 4.99. The molecule has 0 aliphatic carbocycles. The van der Waals surface area contributed by atoms with Crippen molar-refractivity contribution in [3.05, 3.63) is 35.4 Å². The Morgan fingerprint density at radius 1 is 0.889 bits per heavy atom. The highest BCUT2D eigenvalue weighted by Gasteiger charge is 2.11. The Balaban J connectivity index is 2.66. The maximum Gasteiger partial charge on any atom is 0.0790 e. The lowest BCUT2D eigenvalue weighted by Crippen LogP contribution is -2.01. The van der Waals surface area contributed by atoms with Gasteiger partial charge in [-0.15, -0.1) is 0 Å². The van der Waals surface area contributed by atoms with Crippen molar-refractivity contribution in [3.63, 3.8) is 0 Å². The molecule has 102 valence electrons. The maximum atomic E-state index is 10.1. The zero-order valence-electron chi connectivity index (χ0n) is 11.6. The Kier molecular flexibility index (Phi) is 6.99. The molecule has 0 bridgehead atoms. The van der Waals surface area contributed by atoms with Gasteiger partial charge in [-0.05, 0) is 24.0 Å². The molecule has 0 amide bonds. The standard InChI is InChI=1S/C16H26O2/c1-3-5-10-15(17)13-8-7-9-14(12-13)16(18)11-6-4-2/h7-9,12,15-18H,3-6,10-11H2,1-2H3/t15-,16+. The van der Waals surface area contributed by atoms with Crippen molar-refractivity contribution in [3.8, 4) is 0 Å². The summed E-state index contributed by atoms with van der Waals surface area (Å²) < 4.78 is 0. The van der Waals surface area contributed by atoms with Crippen molar-refractivity contribution >= 4 is 0 Å². The third-order valence-electron chi connectivity index (χ3n) is 3.34. The summed E-state index contributed by atoms with van der Waals surface area (Å²) in [7, 11) is 0. The first kappa shape index (κ1) is 15.2. The minimum Gasteiger partial charge on any atom is -0.388 e. The summed E-state index contributed by atoms with van der Waals surface area (Å²) in [5.41, 5.74) is 1.85. The molecule has 0 aliphatic heterocycles. The van der Waals surface area contributed by atoms with Crippen molar-refractivity contribution in [2.75, 3.05) is 0 Å². The third-order valence-corrected chi connectivity index (χ3v) is 3.34. The van der Waals surface area contributed by atoms with Crippen LogP contribution in [-0.4, -0.2) is 10.2 Å². The molecule has 1 aromatic rings. The molecule has 1 rings (SSSR count). The smallest absolute Gasteiger partial charge is 0.0790 e. The van der Waals surface area contributed by atoms with Crippen LogP contribution in [0.15, 0.2) is 24.3 Å². The molecule has 0 radical (unpaired) electrons. The van der Waals surface area contributed by atoms with E-state index in [0.29, 0.717) is 0 Å². The fourth-order valence-electron chi connectivity index (χ4n) is 2.10. The monoisotopic (exact) mass is 250 g/mol. The zero-order valence-corrected chi connectivity index (χ0v) is 11.6. The van der Waals surface area contributed by atoms with Crippen LogP contribution in [0.1, 0.15) is 75.7 Å². The number of benzene rings is 1. The molecule has 2 N–H and O–H groups in total. The van der Waals surface area contributed by atoms with Crippen molar-refractivity contribution < 1.29 is 10.2 Å². The second kappa shape index (κ2) is 8.28. The molecule has 18 heavy (non-hydrogen) atoms. The first-order chi connectivity index (χ1) is 8.69. The van der Waals surface area contributed by atoms with Crippen LogP contribution in [0.3, 0.4) is 0 Å². The van der Waals surface area contributed by atoms with Gasteiger partial charge in [-0.2, -0.15) is 0 Å². The van der Waals surface area contributed by atoms with Gasteiger partial charge in [-0.25, -0.2) is 0 Å². The van der Waals surface area contributed by atoms with Gasteiger partial charge in [0.2, 0.25) is 0 Å². The van der Waals surface area contributed by atoms with Crippen LogP contribution >= 0.6 is 0 Å². The van der Waals surface area contributed by atoms with Crippen LogP contribution in [0.5, 0.6) is 0 Å². The van der Waals surface area contributed by atoms with Crippen LogP contribution in [0.25, 0.3) is 0 Å². The van der Waals surface area contributed by atoms with Gasteiger partial charge in [-0.1, -0.05) is 63.8 Å². The van der Waals surface area contributed by atoms with E-state index in [0.717, 1.165) is 49.7 Å². The van der Waals surface area contributed by atoms with Crippen LogP contribution in [0.2, 0.25) is 0 Å². The molecule has 0 fully saturated rings. The molecule has 0 aliphatic rings. The van der Waals surface area contributed by atoms with E-state index in [-0.39, 0.29) is 0 Å². The molecule has 0 heterocycles. The van der Waals surface area contributed by atoms with E-state index in [1.165, 1.54) is 0 Å². The number of hydrogen-bond donors (Lipinski definition) is 2. The molecule has 0 aromatic heterocycles. The second-order valence-corrected chi connectivity index (χ2v) is 4.99. The molecule has 2 heteroatoms. The maximum absolute atomic E-state index is 10.1. The van der Waals surface area contributed by atoms with E-state index in [9.17, 15) is 10.2 Å². The number of rotatable bonds is 8. The van der Waals surface area contributed by atoms with Gasteiger partial charge in [-0.3, -0.25) is 0 Å². The summed E-state index contributed by atoms with van der Waals surface area (Å²) >= 11 is 0. The minimum absolute atomic E-state index is 0.400. The molecule has 2 atom stereocenters. The number of aliphatic hydroxyl groups excluding tert-OH is 2. The van der Waals surface area contributed by atoms with E-state index in [1.54, 1.807) is 0 Å². The number of unbranched alkanes of at least 4 members (excludes halogenated alkanes) is 2. The van der Waals surface area contributed by atoms with Crippen LogP contribution < -0.4 is 0 Å². The minimum atomic E-state index is -0.400. The van der Waals surface area contributed by atoms with Crippen molar-refractivity contribution in [1.82, 2.24) is 0 Å². The Bertz CT molecular complexity index is 306. The summed E-state index contributed by atoms with van der Waals surface area (Å²) in [5, 5.41) is 20.1. The highest BCUT2D eigenvalue weighted by molar-refractivity contribution is 5.26. The SMILES string of the molecule is CCCC[C@@H](O)c1cccc([C@@H](O)CCCC)c1. The van der Waals surface area contributed by atoms with Crippen LogP contribution in [0.4, 0.5) is 0 Å². The Morgan fingerprint density at radius 2 is 1.33 bits per heavy atom. The van der Waals surface area contributed by atoms with E-state index in [4.69, 9.17) is 0 Å². The molecule has 0 spiro atoms. The molecule has 2 nitrogen and oxygen atoms in total. The van der Waals surface area contributed by atoms with E-state index >= 15 is 0 Å². The van der Waals surface area contributed by atoms with Gasteiger partial charge >= 0.3 is 0 Å². The van der Waals surface area contributed by atoms with E-state index in [1.807, 2.05) is 24.3 Å². The first-order valence-electron chi connectivity index (χ1n) is 7.15. The lowest BCUT2D eigenvalue weighted by Gasteiger charge is -2.15. The third kappa shape index (κ3) is 4.79. The van der Waals surface area contributed by atoms with Crippen LogP contribution in [0, 0.1) is 0 Å². The Hall–Kier alpha value is -0.860. The molecule has 0 saturated carbocycles. The zero-order chi connectivity index (χ0) is 13.4. The quantitative estimate of drug-likeness (QED) is 0.728. The summed E-state index contributed by atoms with van der Waals surface area (Å²) in [4.78, 5) is 0. The molecule has 0 unspecified atom stereocenters. The average Bonchev–Trinajstić information content (AvgIpc) is 2.42. The van der Waals surface area contributed by atoms with Crippen molar-refractivity contribution in [2.45, 2.75) is 64.6 Å². The fraction of sp³-hybridized carbons (Fsp3) is 0.625. The molecular formula is C16H26O2. The van der Waals surface area contributed by atoms with Crippen LogP contribution in [-0.2, 0) is 0 Å². The van der Waals surface area contributed by atoms with Gasteiger partial charge < -0.3 is 10.2 Å². The summed E-state index contributed by atoms with van der Waals surface area (Å²) in [6.07, 6.45) is 5.04. The normalized spacial score (nSPS) is 14.4. The Labute approximate surface area is 111 Å². The predicted molar refractivity (Wildman–Crippen MR) is 75.4 cm³/mol. The molecule has 1 aromatic carbocycles. The van der Waals surface area contributed by atoms with Gasteiger partial charge in [0.1, 0.15) is 0 Å². The van der Waals surface area contributed by atoms with Crippen molar-refractivity contribution in [1.29, 1.82) is 0 Å². The van der Waals surface area contributed by atoms with Gasteiger partial charge in [0.15, 0.2) is 0 Å².